The molecule has 0 unspecified atom stereocenters. The number of nitrogens with one attached hydrogen (secondary N) is 2. The van der Waals surface area contributed by atoms with Crippen LogP contribution in [0.25, 0.3) is 10.9 Å². The molecule has 2 aromatic carbocycles. The van der Waals surface area contributed by atoms with Gasteiger partial charge in [-0.2, -0.15) is 0 Å². The zero-order valence-electron chi connectivity index (χ0n) is 14.8. The summed E-state index contributed by atoms with van der Waals surface area (Å²) in [5, 5.41) is 13.8. The number of para-hydroxylation sites is 1. The SMILES string of the molecule is COc1ccc(CN[C@@H](Cc2c[nH]c3ccccc23)C(=O)O)cc1OC. The molecule has 0 bridgehead atoms. The summed E-state index contributed by atoms with van der Waals surface area (Å²) in [5.41, 5.74) is 2.91. The Labute approximate surface area is 151 Å². The topological polar surface area (TPSA) is 83.6 Å². The van der Waals surface area contributed by atoms with Gasteiger partial charge in [0.15, 0.2) is 11.5 Å². The predicted molar refractivity (Wildman–Crippen MR) is 99.8 cm³/mol. The number of ether oxygens (including phenoxy) is 2. The number of aromatic amines is 1. The van der Waals surface area contributed by atoms with Gasteiger partial charge in [-0.25, -0.2) is 0 Å². The summed E-state index contributed by atoms with van der Waals surface area (Å²) >= 11 is 0. The van der Waals surface area contributed by atoms with Gasteiger partial charge in [-0.1, -0.05) is 24.3 Å². The van der Waals surface area contributed by atoms with E-state index < -0.39 is 12.0 Å². The van der Waals surface area contributed by atoms with Crippen LogP contribution in [-0.4, -0.2) is 36.3 Å². The van der Waals surface area contributed by atoms with Gasteiger partial charge < -0.3 is 24.9 Å². The third-order valence-electron chi connectivity index (χ3n) is 4.40. The fourth-order valence-corrected chi connectivity index (χ4v) is 3.00. The number of fused-ring (bicyclic) bond motifs is 1. The number of carbonyl (C=O) groups is 1. The molecule has 6 heteroatoms. The van der Waals surface area contributed by atoms with Gasteiger partial charge in [0.25, 0.3) is 0 Å². The minimum Gasteiger partial charge on any atom is -0.493 e. The van der Waals surface area contributed by atoms with Gasteiger partial charge in [0.1, 0.15) is 6.04 Å². The van der Waals surface area contributed by atoms with Crippen molar-refractivity contribution in [2.75, 3.05) is 14.2 Å². The molecule has 1 atom stereocenters. The second-order valence-electron chi connectivity index (χ2n) is 6.02. The van der Waals surface area contributed by atoms with E-state index in [4.69, 9.17) is 9.47 Å². The van der Waals surface area contributed by atoms with E-state index in [1.165, 1.54) is 0 Å². The van der Waals surface area contributed by atoms with Crippen LogP contribution in [0, 0.1) is 0 Å². The van der Waals surface area contributed by atoms with Crippen molar-refractivity contribution < 1.29 is 19.4 Å². The molecule has 0 aliphatic rings. The van der Waals surface area contributed by atoms with E-state index in [-0.39, 0.29) is 0 Å². The Balaban J connectivity index is 1.72. The fourth-order valence-electron chi connectivity index (χ4n) is 3.00. The summed E-state index contributed by atoms with van der Waals surface area (Å²) in [5.74, 6) is 0.385. The number of H-pyrrole nitrogens is 1. The first-order chi connectivity index (χ1) is 12.6. The number of hydrogen-bond donors (Lipinski definition) is 3. The van der Waals surface area contributed by atoms with Gasteiger partial charge in [-0.15, -0.1) is 0 Å². The molecule has 0 saturated heterocycles. The lowest BCUT2D eigenvalue weighted by atomic mass is 10.0. The summed E-state index contributed by atoms with van der Waals surface area (Å²) in [7, 11) is 3.16. The number of benzene rings is 2. The molecule has 6 nitrogen and oxygen atoms in total. The molecule has 0 spiro atoms. The molecule has 26 heavy (non-hydrogen) atoms. The molecule has 3 N–H and O–H groups in total. The smallest absolute Gasteiger partial charge is 0.321 e. The molecular weight excluding hydrogens is 332 g/mol. The van der Waals surface area contributed by atoms with Crippen molar-refractivity contribution in [1.29, 1.82) is 0 Å². The molecule has 1 aromatic heterocycles. The zero-order chi connectivity index (χ0) is 18.5. The summed E-state index contributed by atoms with van der Waals surface area (Å²) in [6.45, 7) is 0.416. The van der Waals surface area contributed by atoms with Gasteiger partial charge >= 0.3 is 5.97 Å². The van der Waals surface area contributed by atoms with Crippen molar-refractivity contribution in [1.82, 2.24) is 10.3 Å². The fraction of sp³-hybridized carbons (Fsp3) is 0.250. The van der Waals surface area contributed by atoms with Crippen LogP contribution in [0.2, 0.25) is 0 Å². The van der Waals surface area contributed by atoms with E-state index in [0.717, 1.165) is 22.0 Å². The van der Waals surface area contributed by atoms with E-state index in [9.17, 15) is 9.90 Å². The Kier molecular flexibility index (Phi) is 5.43. The van der Waals surface area contributed by atoms with Crippen LogP contribution in [0.4, 0.5) is 0 Å². The van der Waals surface area contributed by atoms with Crippen LogP contribution in [0.5, 0.6) is 11.5 Å². The lowest BCUT2D eigenvalue weighted by Crippen LogP contribution is -2.38. The average Bonchev–Trinajstić information content (AvgIpc) is 3.07. The van der Waals surface area contributed by atoms with Gasteiger partial charge in [-0.3, -0.25) is 4.79 Å². The minimum absolute atomic E-state index is 0.395. The summed E-state index contributed by atoms with van der Waals surface area (Å²) in [6, 6.07) is 12.7. The second kappa shape index (κ2) is 7.93. The highest BCUT2D eigenvalue weighted by atomic mass is 16.5. The Hall–Kier alpha value is -2.99. The van der Waals surface area contributed by atoms with Crippen LogP contribution in [0.15, 0.2) is 48.7 Å². The lowest BCUT2D eigenvalue weighted by molar-refractivity contribution is -0.139. The molecule has 1 heterocycles. The molecule has 0 aliphatic heterocycles. The van der Waals surface area contributed by atoms with E-state index in [2.05, 4.69) is 10.3 Å². The van der Waals surface area contributed by atoms with Crippen molar-refractivity contribution in [3.8, 4) is 11.5 Å². The quantitative estimate of drug-likeness (QED) is 0.579. The number of aliphatic carboxylic acids is 1. The molecule has 3 rings (SSSR count). The number of methoxy groups -OCH3 is 2. The molecular formula is C20H22N2O4. The first kappa shape index (κ1) is 17.8. The van der Waals surface area contributed by atoms with Gasteiger partial charge in [0.2, 0.25) is 0 Å². The predicted octanol–water partition coefficient (Wildman–Crippen LogP) is 2.97. The van der Waals surface area contributed by atoms with Crippen molar-refractivity contribution in [3.63, 3.8) is 0 Å². The van der Waals surface area contributed by atoms with E-state index in [0.29, 0.717) is 24.5 Å². The number of aromatic nitrogens is 1. The maximum absolute atomic E-state index is 11.7. The maximum Gasteiger partial charge on any atom is 0.321 e. The Bertz CT molecular complexity index is 904. The van der Waals surface area contributed by atoms with Gasteiger partial charge in [0, 0.05) is 30.1 Å². The first-order valence-electron chi connectivity index (χ1n) is 8.34. The molecule has 0 radical (unpaired) electrons. The number of carboxylic acids is 1. The monoisotopic (exact) mass is 354 g/mol. The normalized spacial score (nSPS) is 12.1. The second-order valence-corrected chi connectivity index (χ2v) is 6.02. The largest absolute Gasteiger partial charge is 0.493 e. The van der Waals surface area contributed by atoms with Crippen LogP contribution < -0.4 is 14.8 Å². The van der Waals surface area contributed by atoms with Crippen LogP contribution in [0.1, 0.15) is 11.1 Å². The number of hydrogen-bond acceptors (Lipinski definition) is 4. The summed E-state index contributed by atoms with van der Waals surface area (Å²) in [4.78, 5) is 14.9. The van der Waals surface area contributed by atoms with Crippen LogP contribution in [-0.2, 0) is 17.8 Å². The Morgan fingerprint density at radius 3 is 2.65 bits per heavy atom. The van der Waals surface area contributed by atoms with Crippen molar-refractivity contribution in [2.24, 2.45) is 0 Å². The van der Waals surface area contributed by atoms with Crippen molar-refractivity contribution >= 4 is 16.9 Å². The van der Waals surface area contributed by atoms with Crippen molar-refractivity contribution in [2.45, 2.75) is 19.0 Å². The van der Waals surface area contributed by atoms with E-state index >= 15 is 0 Å². The molecule has 0 amide bonds. The summed E-state index contributed by atoms with van der Waals surface area (Å²) < 4.78 is 10.5. The highest BCUT2D eigenvalue weighted by molar-refractivity contribution is 5.84. The lowest BCUT2D eigenvalue weighted by Gasteiger charge is -2.15. The minimum atomic E-state index is -0.879. The number of carboxylic acid groups (broad SMARTS) is 1. The van der Waals surface area contributed by atoms with Crippen molar-refractivity contribution in [3.05, 3.63) is 59.8 Å². The highest BCUT2D eigenvalue weighted by Gasteiger charge is 2.19. The molecule has 0 fully saturated rings. The Morgan fingerprint density at radius 1 is 1.15 bits per heavy atom. The number of rotatable bonds is 8. The first-order valence-corrected chi connectivity index (χ1v) is 8.34. The summed E-state index contributed by atoms with van der Waals surface area (Å²) in [6.07, 6.45) is 2.27. The molecule has 3 aromatic rings. The highest BCUT2D eigenvalue weighted by Crippen LogP contribution is 2.27. The van der Waals surface area contributed by atoms with E-state index in [1.807, 2.05) is 48.7 Å². The molecule has 0 saturated carbocycles. The van der Waals surface area contributed by atoms with Crippen LogP contribution >= 0.6 is 0 Å². The van der Waals surface area contributed by atoms with Gasteiger partial charge in [0.05, 0.1) is 14.2 Å². The Morgan fingerprint density at radius 2 is 1.92 bits per heavy atom. The zero-order valence-corrected chi connectivity index (χ0v) is 14.8. The van der Waals surface area contributed by atoms with Crippen LogP contribution in [0.3, 0.4) is 0 Å². The van der Waals surface area contributed by atoms with Gasteiger partial charge in [-0.05, 0) is 29.3 Å². The van der Waals surface area contributed by atoms with E-state index in [1.54, 1.807) is 14.2 Å². The molecule has 0 aliphatic carbocycles. The standard InChI is InChI=1S/C20H22N2O4/c1-25-18-8-7-13(9-19(18)26-2)11-21-17(20(23)24)10-14-12-22-16-6-4-3-5-15(14)16/h3-9,12,17,21-22H,10-11H2,1-2H3,(H,23,24)/t17-/m0/s1. The maximum atomic E-state index is 11.7. The third kappa shape index (κ3) is 3.81. The third-order valence-corrected chi connectivity index (χ3v) is 4.40. The average molecular weight is 354 g/mol. The molecule has 136 valence electrons.